The number of rotatable bonds is 19. The lowest BCUT2D eigenvalue weighted by molar-refractivity contribution is -0.275. The molecule has 3 amide bonds. The summed E-state index contributed by atoms with van der Waals surface area (Å²) in [6.45, 7) is 8.86. The van der Waals surface area contributed by atoms with Crippen LogP contribution in [-0.2, 0) is 4.74 Å². The molecule has 0 aliphatic carbocycles. The van der Waals surface area contributed by atoms with E-state index in [0.29, 0.717) is 11.4 Å². The molecule has 4 aromatic heterocycles. The summed E-state index contributed by atoms with van der Waals surface area (Å²) < 4.78 is 122. The highest BCUT2D eigenvalue weighted by Gasteiger charge is 2.33. The number of alkyl halides is 6. The molecular weight excluding hydrogens is 997 g/mol. The van der Waals surface area contributed by atoms with E-state index in [-0.39, 0.29) is 99.7 Å². The average Bonchev–Trinajstić information content (AvgIpc) is 3.34. The second-order valence-electron chi connectivity index (χ2n) is 14.5. The van der Waals surface area contributed by atoms with E-state index in [4.69, 9.17) is 38.9 Å². The number of esters is 1. The van der Waals surface area contributed by atoms with Crippen molar-refractivity contribution in [3.8, 4) is 57.5 Å². The molecular formula is C48H45F6N7O13. The average molecular weight is 1040 g/mol. The second kappa shape index (κ2) is 24.8. The number of halogens is 6. The summed E-state index contributed by atoms with van der Waals surface area (Å²) in [5, 5.41) is 5.28. The van der Waals surface area contributed by atoms with E-state index in [1.54, 1.807) is 34.6 Å². The monoisotopic (exact) mass is 1040 g/mol. The van der Waals surface area contributed by atoms with Gasteiger partial charge in [-0.3, -0.25) is 29.3 Å². The third kappa shape index (κ3) is 15.2. The lowest BCUT2D eigenvalue weighted by atomic mass is 10.1. The quantitative estimate of drug-likeness (QED) is 0.0504. The van der Waals surface area contributed by atoms with Crippen LogP contribution in [0.3, 0.4) is 0 Å². The van der Waals surface area contributed by atoms with Crippen LogP contribution in [0.5, 0.6) is 57.5 Å². The summed E-state index contributed by atoms with van der Waals surface area (Å²) >= 11 is 0. The van der Waals surface area contributed by atoms with Crippen LogP contribution >= 0.6 is 0 Å². The third-order valence-electron chi connectivity index (χ3n) is 9.34. The highest BCUT2D eigenvalue weighted by atomic mass is 19.4. The van der Waals surface area contributed by atoms with Crippen molar-refractivity contribution in [1.82, 2.24) is 19.9 Å². The topological polar surface area (TPSA) is 253 Å². The highest BCUT2D eigenvalue weighted by molar-refractivity contribution is 6.09. The molecule has 74 heavy (non-hydrogen) atoms. The van der Waals surface area contributed by atoms with Crippen molar-refractivity contribution >= 4 is 35.1 Å². The molecule has 4 heterocycles. The molecule has 0 bridgehead atoms. The molecule has 20 nitrogen and oxygen atoms in total. The fraction of sp³-hybridized carbons (Fsp3) is 0.250. The summed E-state index contributed by atoms with van der Waals surface area (Å²) in [5.41, 5.74) is 6.28. The Morgan fingerprint density at radius 1 is 0.554 bits per heavy atom. The molecule has 0 unspecified atom stereocenters. The lowest BCUT2D eigenvalue weighted by Crippen LogP contribution is -2.18. The predicted octanol–water partition coefficient (Wildman–Crippen LogP) is 9.55. The third-order valence-corrected chi connectivity index (χ3v) is 9.34. The Labute approximate surface area is 417 Å². The number of pyridine rings is 4. The zero-order valence-corrected chi connectivity index (χ0v) is 40.1. The molecule has 6 aromatic rings. The largest absolute Gasteiger partial charge is 0.573 e. The molecule has 6 rings (SSSR count). The summed E-state index contributed by atoms with van der Waals surface area (Å²) in [4.78, 5) is 66.4. The van der Waals surface area contributed by atoms with E-state index in [9.17, 15) is 45.5 Å². The highest BCUT2D eigenvalue weighted by Crippen LogP contribution is 2.42. The summed E-state index contributed by atoms with van der Waals surface area (Å²) in [6.07, 6.45) is -4.64. The molecule has 4 N–H and O–H groups in total. The van der Waals surface area contributed by atoms with Gasteiger partial charge in [0.2, 0.25) is 0 Å². The van der Waals surface area contributed by atoms with Gasteiger partial charge in [-0.15, -0.1) is 26.3 Å². The van der Waals surface area contributed by atoms with Crippen LogP contribution in [0.4, 0.5) is 37.7 Å². The molecule has 0 atom stereocenters. The van der Waals surface area contributed by atoms with Gasteiger partial charge in [0.05, 0.1) is 57.8 Å². The molecule has 0 spiro atoms. The van der Waals surface area contributed by atoms with E-state index < -0.39 is 47.9 Å². The van der Waals surface area contributed by atoms with Crippen molar-refractivity contribution in [2.75, 3.05) is 44.7 Å². The minimum absolute atomic E-state index is 0.0111. The minimum Gasteiger partial charge on any atom is -0.493 e. The Kier molecular flexibility index (Phi) is 18.7. The van der Waals surface area contributed by atoms with E-state index in [1.807, 2.05) is 0 Å². The first-order valence-corrected chi connectivity index (χ1v) is 21.6. The number of aromatic nitrogens is 4. The van der Waals surface area contributed by atoms with Gasteiger partial charge in [0.15, 0.2) is 46.0 Å². The molecule has 0 aliphatic heterocycles. The number of primary amides is 1. The van der Waals surface area contributed by atoms with Gasteiger partial charge in [-0.1, -0.05) is 0 Å². The first-order chi connectivity index (χ1) is 35.1. The maximum absolute atomic E-state index is 13.4. The number of amides is 3. The number of nitrogens with two attached hydrogens (primary N) is 1. The van der Waals surface area contributed by atoms with Crippen LogP contribution in [0.1, 0.15) is 73.9 Å². The van der Waals surface area contributed by atoms with Gasteiger partial charge in [-0.25, -0.2) is 9.78 Å². The number of ether oxygens (including phenoxy) is 9. The van der Waals surface area contributed by atoms with E-state index >= 15 is 0 Å². The normalized spacial score (nSPS) is 10.9. The first-order valence-electron chi connectivity index (χ1n) is 21.6. The van der Waals surface area contributed by atoms with Crippen molar-refractivity contribution in [3.63, 3.8) is 0 Å². The number of anilines is 2. The molecule has 2 aromatic carbocycles. The van der Waals surface area contributed by atoms with Gasteiger partial charge >= 0.3 is 18.7 Å². The fourth-order valence-electron chi connectivity index (χ4n) is 6.32. The van der Waals surface area contributed by atoms with Crippen molar-refractivity contribution in [2.24, 2.45) is 5.73 Å². The fourth-order valence-corrected chi connectivity index (χ4v) is 6.32. The number of carbonyl (C=O) groups excluding carboxylic acids is 4. The number of aryl methyl sites for hydroxylation is 2. The Balaban J connectivity index is 0.000000274. The second-order valence-corrected chi connectivity index (χ2v) is 14.5. The van der Waals surface area contributed by atoms with Crippen LogP contribution in [0.25, 0.3) is 0 Å². The van der Waals surface area contributed by atoms with Crippen molar-refractivity contribution in [3.05, 3.63) is 119 Å². The summed E-state index contributed by atoms with van der Waals surface area (Å²) in [6, 6.07) is 11.9. The maximum atomic E-state index is 13.4. The van der Waals surface area contributed by atoms with Crippen LogP contribution in [0, 0.1) is 13.8 Å². The molecule has 0 saturated carbocycles. The van der Waals surface area contributed by atoms with Gasteiger partial charge in [0, 0.05) is 35.9 Å². The minimum atomic E-state index is -4.90. The summed E-state index contributed by atoms with van der Waals surface area (Å²) in [5.74, 6) is -3.97. The van der Waals surface area contributed by atoms with Gasteiger partial charge in [-0.2, -0.15) is 0 Å². The molecule has 0 saturated heterocycles. The van der Waals surface area contributed by atoms with Crippen molar-refractivity contribution in [2.45, 2.75) is 47.3 Å². The molecule has 0 aliphatic rings. The zero-order chi connectivity index (χ0) is 54.3. The molecule has 0 radical (unpaired) electrons. The zero-order valence-electron chi connectivity index (χ0n) is 40.1. The standard InChI is InChI=1S/C25H24F3N3O7.C23H21F3N4O6/c1-5-35-22-14(3)30-13-20(37-18-8-7-16(12-19(18)34-4)38-25(26,27)28)21(22)23(32)31-15-9-10-29-17(11-15)24(33)36-6-2;1-4-34-20-12(2)29-11-18(19(20)22(32)30-13-7-8-28-15(9-13)21(27)31)35-16-6-5-14(10-17(16)33-3)36-23(24,25)26/h7-13H,5-6H2,1-4H3,(H,29,31,32);5-11H,4H2,1-3H3,(H2,27,31)(H,28,30,32). The van der Waals surface area contributed by atoms with E-state index in [2.05, 4.69) is 40.0 Å². The number of nitrogens with zero attached hydrogens (tertiary/aromatic N) is 4. The molecule has 26 heteroatoms. The summed E-state index contributed by atoms with van der Waals surface area (Å²) in [7, 11) is 2.46. The Bertz CT molecular complexity index is 3000. The molecule has 0 fully saturated rings. The number of hydrogen-bond donors (Lipinski definition) is 3. The van der Waals surface area contributed by atoms with Gasteiger partial charge in [-0.05, 0) is 83.1 Å². The van der Waals surface area contributed by atoms with Crippen LogP contribution < -0.4 is 54.3 Å². The van der Waals surface area contributed by atoms with Crippen LogP contribution in [0.15, 0.2) is 85.5 Å². The first kappa shape index (κ1) is 55.8. The predicted molar refractivity (Wildman–Crippen MR) is 249 cm³/mol. The lowest BCUT2D eigenvalue weighted by Gasteiger charge is -2.18. The van der Waals surface area contributed by atoms with Gasteiger partial charge in [0.1, 0.15) is 34.0 Å². The Morgan fingerprint density at radius 2 is 0.973 bits per heavy atom. The Morgan fingerprint density at radius 3 is 1.35 bits per heavy atom. The van der Waals surface area contributed by atoms with Gasteiger partial charge in [0.25, 0.3) is 17.7 Å². The van der Waals surface area contributed by atoms with E-state index in [0.717, 1.165) is 24.3 Å². The van der Waals surface area contributed by atoms with Crippen molar-refractivity contribution in [1.29, 1.82) is 0 Å². The van der Waals surface area contributed by atoms with E-state index in [1.165, 1.54) is 75.4 Å². The number of hydrogen-bond acceptors (Lipinski definition) is 17. The molecule has 392 valence electrons. The number of nitrogens with one attached hydrogen (secondary N) is 2. The van der Waals surface area contributed by atoms with Crippen LogP contribution in [-0.4, -0.2) is 90.4 Å². The van der Waals surface area contributed by atoms with Crippen molar-refractivity contribution < 1.29 is 88.2 Å². The Hall–Kier alpha value is -9.10. The number of methoxy groups -OCH3 is 2. The SMILES string of the molecule is CCOC(=O)c1cc(NC(=O)c2c(Oc3ccc(OC(F)(F)F)cc3OC)cnc(C)c2OCC)ccn1.CCOc1c(C)ncc(Oc2ccc(OC(F)(F)F)cc2OC)c1C(=O)Nc1ccnc(C(N)=O)c1. The number of carbonyl (C=O) groups is 4. The maximum Gasteiger partial charge on any atom is 0.573 e. The number of benzene rings is 2. The smallest absolute Gasteiger partial charge is 0.493 e. The van der Waals surface area contributed by atoms with Gasteiger partial charge < -0.3 is 59.0 Å². The van der Waals surface area contributed by atoms with Crippen LogP contribution in [0.2, 0.25) is 0 Å².